The van der Waals surface area contributed by atoms with E-state index in [4.69, 9.17) is 5.11 Å². The van der Waals surface area contributed by atoms with E-state index in [0.717, 1.165) is 12.1 Å². The number of aryl methyl sites for hydroxylation is 1. The van der Waals surface area contributed by atoms with E-state index in [9.17, 15) is 4.79 Å². The predicted octanol–water partition coefficient (Wildman–Crippen LogP) is 0.990. The Morgan fingerprint density at radius 3 is 3.00 bits per heavy atom. The Kier molecular flexibility index (Phi) is 1.92. The number of aromatic carboxylic acids is 1. The Balaban J connectivity index is 2.59. The molecule has 2 aromatic rings. The van der Waals surface area contributed by atoms with Gasteiger partial charge in [0.2, 0.25) is 0 Å². The summed E-state index contributed by atoms with van der Waals surface area (Å²) >= 11 is 0. The molecule has 0 atom stereocenters. The van der Waals surface area contributed by atoms with Crippen LogP contribution in [-0.2, 0) is 6.42 Å². The van der Waals surface area contributed by atoms with Gasteiger partial charge in [-0.15, -0.1) is 0 Å². The van der Waals surface area contributed by atoms with Gasteiger partial charge in [-0.25, -0.2) is 14.3 Å². The standard InChI is InChI=1S/C9H9N3O2/c1-2-6-5-12-8(10-6)4-3-7(11-12)9(13)14/h3-5H,2H2,1H3,(H,13,14). The van der Waals surface area contributed by atoms with Crippen molar-refractivity contribution in [1.82, 2.24) is 14.6 Å². The number of aromatic nitrogens is 3. The smallest absolute Gasteiger partial charge is 0.356 e. The number of carboxylic acids is 1. The second-order valence-corrected chi connectivity index (χ2v) is 2.91. The number of hydrogen-bond acceptors (Lipinski definition) is 3. The van der Waals surface area contributed by atoms with Crippen LogP contribution in [0, 0.1) is 0 Å². The summed E-state index contributed by atoms with van der Waals surface area (Å²) in [6.45, 7) is 1.99. The molecular weight excluding hydrogens is 182 g/mol. The van der Waals surface area contributed by atoms with E-state index in [1.54, 1.807) is 12.3 Å². The average Bonchev–Trinajstić information content (AvgIpc) is 2.58. The van der Waals surface area contributed by atoms with Crippen LogP contribution in [0.25, 0.3) is 5.65 Å². The lowest BCUT2D eigenvalue weighted by molar-refractivity contribution is 0.0689. The van der Waals surface area contributed by atoms with Crippen LogP contribution >= 0.6 is 0 Å². The quantitative estimate of drug-likeness (QED) is 0.768. The van der Waals surface area contributed by atoms with Crippen molar-refractivity contribution in [3.05, 3.63) is 29.7 Å². The first kappa shape index (κ1) is 8.68. The monoisotopic (exact) mass is 191 g/mol. The van der Waals surface area contributed by atoms with Crippen molar-refractivity contribution in [1.29, 1.82) is 0 Å². The minimum atomic E-state index is -1.03. The molecule has 0 fully saturated rings. The van der Waals surface area contributed by atoms with E-state index in [2.05, 4.69) is 10.1 Å². The molecule has 0 aliphatic rings. The molecule has 0 bridgehead atoms. The van der Waals surface area contributed by atoms with Crippen molar-refractivity contribution in [2.75, 3.05) is 0 Å². The zero-order chi connectivity index (χ0) is 10.1. The van der Waals surface area contributed by atoms with Gasteiger partial charge in [0.25, 0.3) is 0 Å². The van der Waals surface area contributed by atoms with Gasteiger partial charge >= 0.3 is 5.97 Å². The Morgan fingerprint density at radius 1 is 1.57 bits per heavy atom. The fourth-order valence-electron chi connectivity index (χ4n) is 1.22. The van der Waals surface area contributed by atoms with Crippen LogP contribution in [0.5, 0.6) is 0 Å². The molecule has 5 nitrogen and oxygen atoms in total. The summed E-state index contributed by atoms with van der Waals surface area (Å²) in [5, 5.41) is 12.6. The summed E-state index contributed by atoms with van der Waals surface area (Å²) in [7, 11) is 0. The van der Waals surface area contributed by atoms with Crippen LogP contribution in [0.3, 0.4) is 0 Å². The summed E-state index contributed by atoms with van der Waals surface area (Å²) in [6.07, 6.45) is 2.55. The number of nitrogens with zero attached hydrogens (tertiary/aromatic N) is 3. The molecule has 0 aromatic carbocycles. The summed E-state index contributed by atoms with van der Waals surface area (Å²) in [6, 6.07) is 3.10. The van der Waals surface area contributed by atoms with Crippen molar-refractivity contribution in [3.63, 3.8) is 0 Å². The SMILES string of the molecule is CCc1cn2nc(C(=O)O)ccc2n1. The lowest BCUT2D eigenvalue weighted by Crippen LogP contribution is -2.03. The van der Waals surface area contributed by atoms with Gasteiger partial charge in [-0.05, 0) is 18.6 Å². The van der Waals surface area contributed by atoms with E-state index < -0.39 is 5.97 Å². The van der Waals surface area contributed by atoms with Gasteiger partial charge in [0.1, 0.15) is 0 Å². The third-order valence-electron chi connectivity index (χ3n) is 1.95. The second-order valence-electron chi connectivity index (χ2n) is 2.91. The highest BCUT2D eigenvalue weighted by molar-refractivity contribution is 5.85. The van der Waals surface area contributed by atoms with Crippen molar-refractivity contribution >= 4 is 11.6 Å². The first-order valence-electron chi connectivity index (χ1n) is 4.29. The van der Waals surface area contributed by atoms with Crippen LogP contribution in [0.4, 0.5) is 0 Å². The highest BCUT2D eigenvalue weighted by Crippen LogP contribution is 2.05. The van der Waals surface area contributed by atoms with Crippen LogP contribution in [-0.4, -0.2) is 25.7 Å². The van der Waals surface area contributed by atoms with Gasteiger partial charge in [-0.1, -0.05) is 6.92 Å². The van der Waals surface area contributed by atoms with E-state index in [-0.39, 0.29) is 5.69 Å². The molecule has 0 aliphatic carbocycles. The molecule has 2 rings (SSSR count). The third kappa shape index (κ3) is 1.32. The molecule has 0 saturated heterocycles. The number of rotatable bonds is 2. The summed E-state index contributed by atoms with van der Waals surface area (Å²) in [5.41, 5.74) is 1.60. The molecule has 14 heavy (non-hydrogen) atoms. The summed E-state index contributed by atoms with van der Waals surface area (Å²) in [5.74, 6) is -1.03. The van der Waals surface area contributed by atoms with Gasteiger partial charge in [0.05, 0.1) is 11.9 Å². The predicted molar refractivity (Wildman–Crippen MR) is 49.3 cm³/mol. The molecule has 0 radical (unpaired) electrons. The maximum absolute atomic E-state index is 10.6. The lowest BCUT2D eigenvalue weighted by Gasteiger charge is -1.93. The maximum Gasteiger partial charge on any atom is 0.356 e. The maximum atomic E-state index is 10.6. The van der Waals surface area contributed by atoms with E-state index >= 15 is 0 Å². The molecule has 0 unspecified atom stereocenters. The second kappa shape index (κ2) is 3.10. The largest absolute Gasteiger partial charge is 0.476 e. The molecule has 5 heteroatoms. The minimum Gasteiger partial charge on any atom is -0.476 e. The molecule has 2 heterocycles. The Labute approximate surface area is 80.0 Å². The first-order chi connectivity index (χ1) is 6.70. The lowest BCUT2D eigenvalue weighted by atomic mass is 10.4. The number of imidazole rings is 1. The average molecular weight is 191 g/mol. The Bertz CT molecular complexity index is 490. The topological polar surface area (TPSA) is 67.5 Å². The van der Waals surface area contributed by atoms with Crippen LogP contribution in [0.15, 0.2) is 18.3 Å². The number of carboxylic acid groups (broad SMARTS) is 1. The third-order valence-corrected chi connectivity index (χ3v) is 1.95. The highest BCUT2D eigenvalue weighted by Gasteiger charge is 2.06. The van der Waals surface area contributed by atoms with Crippen molar-refractivity contribution in [2.24, 2.45) is 0 Å². The Hall–Kier alpha value is -1.91. The fourth-order valence-corrected chi connectivity index (χ4v) is 1.22. The van der Waals surface area contributed by atoms with Gasteiger partial charge in [0, 0.05) is 0 Å². The summed E-state index contributed by atoms with van der Waals surface area (Å²) < 4.78 is 1.49. The van der Waals surface area contributed by atoms with Crippen molar-refractivity contribution in [2.45, 2.75) is 13.3 Å². The zero-order valence-corrected chi connectivity index (χ0v) is 7.64. The van der Waals surface area contributed by atoms with Gasteiger partial charge in [-0.2, -0.15) is 5.10 Å². The Morgan fingerprint density at radius 2 is 2.36 bits per heavy atom. The first-order valence-corrected chi connectivity index (χ1v) is 4.29. The van der Waals surface area contributed by atoms with Gasteiger partial charge in [0.15, 0.2) is 11.3 Å². The van der Waals surface area contributed by atoms with Crippen molar-refractivity contribution < 1.29 is 9.90 Å². The number of fused-ring (bicyclic) bond motifs is 1. The summed E-state index contributed by atoms with van der Waals surface area (Å²) in [4.78, 5) is 14.9. The fraction of sp³-hybridized carbons (Fsp3) is 0.222. The van der Waals surface area contributed by atoms with E-state index in [1.165, 1.54) is 10.6 Å². The zero-order valence-electron chi connectivity index (χ0n) is 7.64. The molecule has 1 N–H and O–H groups in total. The number of carbonyl (C=O) groups is 1. The van der Waals surface area contributed by atoms with E-state index in [1.807, 2.05) is 6.92 Å². The molecule has 0 saturated carbocycles. The molecule has 0 spiro atoms. The van der Waals surface area contributed by atoms with Gasteiger partial charge in [-0.3, -0.25) is 0 Å². The van der Waals surface area contributed by atoms with Gasteiger partial charge < -0.3 is 5.11 Å². The molecule has 72 valence electrons. The van der Waals surface area contributed by atoms with Crippen LogP contribution in [0.1, 0.15) is 23.1 Å². The molecule has 0 amide bonds. The van der Waals surface area contributed by atoms with Crippen LogP contribution in [0.2, 0.25) is 0 Å². The molecular formula is C9H9N3O2. The highest BCUT2D eigenvalue weighted by atomic mass is 16.4. The van der Waals surface area contributed by atoms with E-state index in [0.29, 0.717) is 5.65 Å². The molecule has 2 aromatic heterocycles. The van der Waals surface area contributed by atoms with Crippen LogP contribution < -0.4 is 0 Å². The molecule has 0 aliphatic heterocycles. The minimum absolute atomic E-state index is 0.0255. The normalized spacial score (nSPS) is 10.6. The van der Waals surface area contributed by atoms with Crippen molar-refractivity contribution in [3.8, 4) is 0 Å². The number of hydrogen-bond donors (Lipinski definition) is 1.